The van der Waals surface area contributed by atoms with E-state index in [1.165, 1.54) is 11.8 Å². The SMILES string of the molecule is O=C(O)CCCCCC(=O)NCc1ccccc1-c1ccc([C@H]2O[C@@H](CSc3ccccc3C(=O)O)C[C@@H](c3ccc(CO)cc3)O2)cc1. The second kappa shape index (κ2) is 17.8. The van der Waals surface area contributed by atoms with Crippen molar-refractivity contribution in [2.75, 3.05) is 5.75 Å². The fourth-order valence-electron chi connectivity index (χ4n) is 5.77. The Morgan fingerprint density at radius 2 is 1.47 bits per heavy atom. The number of aliphatic hydroxyl groups is 1. The molecular weight excluding hydrogens is 642 g/mol. The van der Waals surface area contributed by atoms with Gasteiger partial charge in [0.1, 0.15) is 0 Å². The molecule has 49 heavy (non-hydrogen) atoms. The summed E-state index contributed by atoms with van der Waals surface area (Å²) < 4.78 is 13.0. The lowest BCUT2D eigenvalue weighted by Gasteiger charge is -2.36. The van der Waals surface area contributed by atoms with Gasteiger partial charge in [0.05, 0.1) is 24.4 Å². The molecule has 5 rings (SSSR count). The van der Waals surface area contributed by atoms with E-state index < -0.39 is 18.2 Å². The van der Waals surface area contributed by atoms with Crippen molar-refractivity contribution in [1.29, 1.82) is 0 Å². The minimum Gasteiger partial charge on any atom is -0.481 e. The van der Waals surface area contributed by atoms with Crippen LogP contribution >= 0.6 is 11.8 Å². The fraction of sp³-hybridized carbons (Fsp3) is 0.308. The largest absolute Gasteiger partial charge is 0.481 e. The number of aliphatic hydroxyl groups excluding tert-OH is 1. The summed E-state index contributed by atoms with van der Waals surface area (Å²) >= 11 is 1.45. The van der Waals surface area contributed by atoms with Crippen molar-refractivity contribution in [3.05, 3.63) is 125 Å². The van der Waals surface area contributed by atoms with Crippen molar-refractivity contribution >= 4 is 29.6 Å². The number of ether oxygens (including phenoxy) is 2. The average molecular weight is 684 g/mol. The summed E-state index contributed by atoms with van der Waals surface area (Å²) in [5, 5.41) is 30.9. The van der Waals surface area contributed by atoms with E-state index in [2.05, 4.69) is 5.32 Å². The predicted molar refractivity (Wildman–Crippen MR) is 187 cm³/mol. The van der Waals surface area contributed by atoms with Crippen molar-refractivity contribution in [3.63, 3.8) is 0 Å². The van der Waals surface area contributed by atoms with Gasteiger partial charge in [-0.2, -0.15) is 0 Å². The number of nitrogens with one attached hydrogen (secondary N) is 1. The lowest BCUT2D eigenvalue weighted by Crippen LogP contribution is -2.31. The molecule has 0 bridgehead atoms. The van der Waals surface area contributed by atoms with Crippen molar-refractivity contribution in [2.45, 2.75) is 75.1 Å². The Bertz CT molecular complexity index is 1710. The molecule has 0 aromatic heterocycles. The van der Waals surface area contributed by atoms with Gasteiger partial charge in [-0.05, 0) is 52.8 Å². The molecule has 1 amide bonds. The number of rotatable bonds is 16. The van der Waals surface area contributed by atoms with Crippen LogP contribution in [0.5, 0.6) is 0 Å². The highest BCUT2D eigenvalue weighted by molar-refractivity contribution is 7.99. The number of benzene rings is 4. The van der Waals surface area contributed by atoms with Crippen molar-refractivity contribution in [3.8, 4) is 11.1 Å². The molecule has 0 saturated carbocycles. The third-order valence-corrected chi connectivity index (χ3v) is 9.64. The van der Waals surface area contributed by atoms with Gasteiger partial charge in [0.2, 0.25) is 5.91 Å². The maximum absolute atomic E-state index is 12.4. The molecule has 4 aromatic carbocycles. The first-order valence-electron chi connectivity index (χ1n) is 16.4. The Labute approximate surface area is 290 Å². The molecule has 10 heteroatoms. The van der Waals surface area contributed by atoms with Crippen molar-refractivity contribution in [2.24, 2.45) is 0 Å². The summed E-state index contributed by atoms with van der Waals surface area (Å²) in [6, 6.07) is 30.5. The number of hydrogen-bond donors (Lipinski definition) is 4. The van der Waals surface area contributed by atoms with Crippen LogP contribution < -0.4 is 5.32 Å². The number of carbonyl (C=O) groups is 3. The molecule has 9 nitrogen and oxygen atoms in total. The van der Waals surface area contributed by atoms with E-state index in [0.29, 0.717) is 49.3 Å². The zero-order chi connectivity index (χ0) is 34.6. The number of hydrogen-bond acceptors (Lipinski definition) is 7. The number of carboxylic acids is 2. The third kappa shape index (κ3) is 10.3. The Morgan fingerprint density at radius 3 is 2.20 bits per heavy atom. The maximum Gasteiger partial charge on any atom is 0.336 e. The van der Waals surface area contributed by atoms with Crippen LogP contribution in [0.1, 0.15) is 83.5 Å². The van der Waals surface area contributed by atoms with Crippen LogP contribution in [-0.4, -0.2) is 45.0 Å². The van der Waals surface area contributed by atoms with Crippen LogP contribution in [0.2, 0.25) is 0 Å². The fourth-order valence-corrected chi connectivity index (χ4v) is 6.84. The second-order valence-electron chi connectivity index (χ2n) is 12.0. The predicted octanol–water partition coefficient (Wildman–Crippen LogP) is 7.53. The molecule has 0 spiro atoms. The number of unbranched alkanes of at least 4 members (excludes halogenated alkanes) is 2. The Hall–Kier alpha value is -4.48. The molecule has 1 aliphatic rings. The normalized spacial score (nSPS) is 17.4. The van der Waals surface area contributed by atoms with E-state index in [4.69, 9.17) is 14.6 Å². The number of carboxylic acid groups (broad SMARTS) is 2. The molecule has 0 unspecified atom stereocenters. The highest BCUT2D eigenvalue weighted by atomic mass is 32.2. The Kier molecular flexibility index (Phi) is 13.0. The quantitative estimate of drug-likeness (QED) is 0.0696. The summed E-state index contributed by atoms with van der Waals surface area (Å²) in [5.41, 5.74) is 5.84. The van der Waals surface area contributed by atoms with Crippen molar-refractivity contribution in [1.82, 2.24) is 5.32 Å². The minimum atomic E-state index is -0.968. The standard InChI is InChI=1S/C39H41NO8S/c41-24-26-14-16-28(17-15-26)34-22-31(25-49-35-11-7-6-10-33(35)38(45)46)47-39(48-34)29-20-18-27(19-21-29)32-9-5-4-8-30(32)23-40-36(42)12-2-1-3-13-37(43)44/h4-11,14-21,31,34,39,41H,1-3,12-13,22-25H2,(H,40,42)(H,43,44)(H,45,46)/t31-,34+,39+/m1/s1. The molecule has 1 fully saturated rings. The molecule has 1 aliphatic heterocycles. The first-order valence-corrected chi connectivity index (χ1v) is 17.4. The van der Waals surface area contributed by atoms with E-state index in [0.717, 1.165) is 33.4 Å². The van der Waals surface area contributed by atoms with Gasteiger partial charge in [-0.3, -0.25) is 9.59 Å². The first-order chi connectivity index (χ1) is 23.8. The van der Waals surface area contributed by atoms with Crippen LogP contribution in [0.3, 0.4) is 0 Å². The van der Waals surface area contributed by atoms with Crippen LogP contribution in [0.4, 0.5) is 0 Å². The third-order valence-electron chi connectivity index (χ3n) is 8.44. The van der Waals surface area contributed by atoms with E-state index in [-0.39, 0.29) is 36.7 Å². The molecule has 3 atom stereocenters. The number of aromatic carboxylic acids is 1. The van der Waals surface area contributed by atoms with Crippen LogP contribution in [-0.2, 0) is 32.2 Å². The minimum absolute atomic E-state index is 0.0438. The van der Waals surface area contributed by atoms with Gasteiger partial charge in [-0.25, -0.2) is 4.79 Å². The maximum atomic E-state index is 12.4. The van der Waals surface area contributed by atoms with Crippen LogP contribution in [0, 0.1) is 0 Å². The first kappa shape index (κ1) is 35.8. The highest BCUT2D eigenvalue weighted by Gasteiger charge is 2.32. The van der Waals surface area contributed by atoms with E-state index in [1.54, 1.807) is 12.1 Å². The van der Waals surface area contributed by atoms with Crippen LogP contribution in [0.25, 0.3) is 11.1 Å². The molecule has 1 saturated heterocycles. The highest BCUT2D eigenvalue weighted by Crippen LogP contribution is 2.40. The number of amides is 1. The number of aliphatic carboxylic acids is 1. The summed E-state index contributed by atoms with van der Waals surface area (Å²) in [6.45, 7) is 0.333. The average Bonchev–Trinajstić information content (AvgIpc) is 3.13. The van der Waals surface area contributed by atoms with Gasteiger partial charge in [-0.15, -0.1) is 11.8 Å². The Morgan fingerprint density at radius 1 is 0.776 bits per heavy atom. The second-order valence-corrected chi connectivity index (χ2v) is 13.0. The zero-order valence-corrected chi connectivity index (χ0v) is 27.9. The number of thioether (sulfide) groups is 1. The lowest BCUT2D eigenvalue weighted by molar-refractivity contribution is -0.245. The van der Waals surface area contributed by atoms with Gasteiger partial charge in [-0.1, -0.05) is 91.3 Å². The molecule has 4 aromatic rings. The molecule has 1 heterocycles. The van der Waals surface area contributed by atoms with Gasteiger partial charge in [0.15, 0.2) is 6.29 Å². The number of carbonyl (C=O) groups excluding carboxylic acids is 1. The van der Waals surface area contributed by atoms with Gasteiger partial charge < -0.3 is 30.1 Å². The van der Waals surface area contributed by atoms with Crippen molar-refractivity contribution < 1.29 is 39.2 Å². The molecule has 256 valence electrons. The van der Waals surface area contributed by atoms with Gasteiger partial charge in [0, 0.05) is 42.0 Å². The molecular formula is C39H41NO8S. The van der Waals surface area contributed by atoms with E-state index in [9.17, 15) is 24.6 Å². The molecule has 0 radical (unpaired) electrons. The van der Waals surface area contributed by atoms with E-state index >= 15 is 0 Å². The monoisotopic (exact) mass is 683 g/mol. The smallest absolute Gasteiger partial charge is 0.336 e. The molecule has 0 aliphatic carbocycles. The molecule has 4 N–H and O–H groups in total. The Balaban J connectivity index is 1.27. The lowest BCUT2D eigenvalue weighted by atomic mass is 9.97. The zero-order valence-electron chi connectivity index (χ0n) is 27.1. The topological polar surface area (TPSA) is 142 Å². The summed E-state index contributed by atoms with van der Waals surface area (Å²) in [5.74, 6) is -1.31. The van der Waals surface area contributed by atoms with Crippen LogP contribution in [0.15, 0.2) is 102 Å². The summed E-state index contributed by atoms with van der Waals surface area (Å²) in [7, 11) is 0. The van der Waals surface area contributed by atoms with Gasteiger partial charge >= 0.3 is 11.9 Å². The van der Waals surface area contributed by atoms with E-state index in [1.807, 2.05) is 84.9 Å². The summed E-state index contributed by atoms with van der Waals surface area (Å²) in [6.07, 6.45) is 1.82. The summed E-state index contributed by atoms with van der Waals surface area (Å²) in [4.78, 5) is 35.6. The van der Waals surface area contributed by atoms with Gasteiger partial charge in [0.25, 0.3) is 0 Å².